The molecule has 4 nitrogen and oxygen atoms in total. The number of ether oxygens (including phenoxy) is 2. The van der Waals surface area contributed by atoms with E-state index in [1.165, 1.54) is 87.0 Å². The Morgan fingerprint density at radius 1 is 0.600 bits per heavy atom. The van der Waals surface area contributed by atoms with Gasteiger partial charge in [0.2, 0.25) is 0 Å². The predicted octanol–water partition coefficient (Wildman–Crippen LogP) is 8.47. The quantitative estimate of drug-likeness (QED) is 0.265. The third-order valence-corrected chi connectivity index (χ3v) is 9.28. The van der Waals surface area contributed by atoms with Crippen LogP contribution in [-0.4, -0.2) is 62.3 Å². The van der Waals surface area contributed by atoms with Gasteiger partial charge in [-0.05, 0) is 124 Å². The Kier molecular flexibility index (Phi) is 13.3. The Morgan fingerprint density at radius 2 is 0.950 bits per heavy atom. The molecule has 2 aromatic rings. The van der Waals surface area contributed by atoms with Crippen molar-refractivity contribution in [3.8, 4) is 11.5 Å². The zero-order valence-electron chi connectivity index (χ0n) is 27.0. The van der Waals surface area contributed by atoms with Crippen molar-refractivity contribution < 1.29 is 9.47 Å². The van der Waals surface area contributed by atoms with Crippen molar-refractivity contribution in [3.63, 3.8) is 0 Å². The van der Waals surface area contributed by atoms with Gasteiger partial charge in [-0.3, -0.25) is 9.80 Å². The van der Waals surface area contributed by atoms with Gasteiger partial charge < -0.3 is 9.47 Å². The van der Waals surface area contributed by atoms with Crippen LogP contribution in [0.4, 0.5) is 0 Å². The number of fused-ring (bicyclic) bond motifs is 2. The van der Waals surface area contributed by atoms with Crippen molar-refractivity contribution in [2.24, 2.45) is 0 Å². The Morgan fingerprint density at radius 3 is 1.25 bits per heavy atom. The molecule has 0 radical (unpaired) electrons. The molecular formula is C36H58N2O2. The summed E-state index contributed by atoms with van der Waals surface area (Å²) >= 11 is 0. The molecule has 0 N–H and O–H groups in total. The third-order valence-electron chi connectivity index (χ3n) is 9.28. The number of hydrogen-bond donors (Lipinski definition) is 0. The van der Waals surface area contributed by atoms with Crippen molar-refractivity contribution in [2.75, 3.05) is 40.4 Å². The van der Waals surface area contributed by atoms with E-state index in [0.717, 1.165) is 24.3 Å². The van der Waals surface area contributed by atoms with Gasteiger partial charge in [0.1, 0.15) is 11.5 Å². The van der Waals surface area contributed by atoms with E-state index in [1.54, 1.807) is 14.2 Å². The fourth-order valence-corrected chi connectivity index (χ4v) is 7.47. The lowest BCUT2D eigenvalue weighted by atomic mass is 9.79. The Balaban J connectivity index is 0.000000220. The summed E-state index contributed by atoms with van der Waals surface area (Å²) in [5.41, 5.74) is 5.87. The van der Waals surface area contributed by atoms with E-state index < -0.39 is 0 Å². The van der Waals surface area contributed by atoms with Gasteiger partial charge in [-0.25, -0.2) is 0 Å². The molecule has 0 unspecified atom stereocenters. The lowest BCUT2D eigenvalue weighted by Gasteiger charge is -2.40. The summed E-state index contributed by atoms with van der Waals surface area (Å²) in [7, 11) is 3.57. The SMILES string of the molecule is CCCN(CCC)[C@@H]1CCc2c(OC)cccc2[C@@H]1C.CCCN(CCC)[C@@H]1CCc2c(OC)cccc2[C@@H]1C. The van der Waals surface area contributed by atoms with Crippen molar-refractivity contribution in [3.05, 3.63) is 58.7 Å². The molecule has 0 saturated heterocycles. The van der Waals surface area contributed by atoms with Gasteiger partial charge in [0.15, 0.2) is 0 Å². The lowest BCUT2D eigenvalue weighted by Crippen LogP contribution is -2.42. The lowest BCUT2D eigenvalue weighted by molar-refractivity contribution is 0.158. The number of benzene rings is 2. The highest BCUT2D eigenvalue weighted by molar-refractivity contribution is 5.45. The topological polar surface area (TPSA) is 24.9 Å². The number of rotatable bonds is 12. The van der Waals surface area contributed by atoms with Gasteiger partial charge >= 0.3 is 0 Å². The maximum Gasteiger partial charge on any atom is 0.122 e. The molecule has 0 fully saturated rings. The molecule has 0 spiro atoms. The zero-order valence-corrected chi connectivity index (χ0v) is 27.0. The van der Waals surface area contributed by atoms with E-state index in [4.69, 9.17) is 9.47 Å². The maximum absolute atomic E-state index is 5.54. The summed E-state index contributed by atoms with van der Waals surface area (Å²) in [5, 5.41) is 0. The molecule has 0 bridgehead atoms. The number of nitrogens with zero attached hydrogens (tertiary/aromatic N) is 2. The summed E-state index contributed by atoms with van der Waals surface area (Å²) in [6.45, 7) is 18.8. The molecule has 4 rings (SSSR count). The molecule has 0 aromatic heterocycles. The number of methoxy groups -OCH3 is 2. The first-order valence-electron chi connectivity index (χ1n) is 16.2. The van der Waals surface area contributed by atoms with Crippen LogP contribution in [0.1, 0.15) is 114 Å². The summed E-state index contributed by atoms with van der Waals surface area (Å²) in [5.74, 6) is 3.36. The van der Waals surface area contributed by atoms with Crippen molar-refractivity contribution in [2.45, 2.75) is 117 Å². The standard InChI is InChI=1S/2C18H29NO/c2*1-5-12-19(13-6-2)17-11-10-16-15(14(17)3)8-7-9-18(16)20-4/h2*7-9,14,17H,5-6,10-13H2,1-4H3/t2*14-,17+/m00/s1. The smallest absolute Gasteiger partial charge is 0.122 e. The summed E-state index contributed by atoms with van der Waals surface area (Å²) in [6.07, 6.45) is 9.80. The van der Waals surface area contributed by atoms with Crippen LogP contribution in [0.2, 0.25) is 0 Å². The molecule has 0 aliphatic heterocycles. The molecule has 0 saturated carbocycles. The van der Waals surface area contributed by atoms with E-state index in [-0.39, 0.29) is 0 Å². The molecule has 0 amide bonds. The minimum Gasteiger partial charge on any atom is -0.496 e. The highest BCUT2D eigenvalue weighted by Crippen LogP contribution is 2.40. The second-order valence-corrected chi connectivity index (χ2v) is 11.9. The Labute approximate surface area is 246 Å². The largest absolute Gasteiger partial charge is 0.496 e. The molecule has 4 atom stereocenters. The molecule has 40 heavy (non-hydrogen) atoms. The summed E-state index contributed by atoms with van der Waals surface area (Å²) in [4.78, 5) is 5.40. The van der Waals surface area contributed by atoms with E-state index in [1.807, 2.05) is 0 Å². The molecule has 2 aliphatic carbocycles. The van der Waals surface area contributed by atoms with Crippen LogP contribution in [0.15, 0.2) is 36.4 Å². The first-order chi connectivity index (χ1) is 19.4. The number of hydrogen-bond acceptors (Lipinski definition) is 4. The first-order valence-corrected chi connectivity index (χ1v) is 16.2. The van der Waals surface area contributed by atoms with Crippen LogP contribution in [0.25, 0.3) is 0 Å². The van der Waals surface area contributed by atoms with Crippen LogP contribution in [0, 0.1) is 0 Å². The average Bonchev–Trinajstić information content (AvgIpc) is 2.97. The van der Waals surface area contributed by atoms with Gasteiger partial charge in [0.25, 0.3) is 0 Å². The van der Waals surface area contributed by atoms with Crippen molar-refractivity contribution in [1.82, 2.24) is 9.80 Å². The van der Waals surface area contributed by atoms with Crippen LogP contribution < -0.4 is 9.47 Å². The van der Waals surface area contributed by atoms with Gasteiger partial charge in [-0.15, -0.1) is 0 Å². The molecule has 0 heterocycles. The van der Waals surface area contributed by atoms with Crippen molar-refractivity contribution >= 4 is 0 Å². The molecule has 2 aliphatic rings. The third kappa shape index (κ3) is 7.62. The van der Waals surface area contributed by atoms with E-state index in [9.17, 15) is 0 Å². The minimum absolute atomic E-state index is 0.604. The predicted molar refractivity (Wildman–Crippen MR) is 171 cm³/mol. The summed E-state index contributed by atoms with van der Waals surface area (Å²) in [6, 6.07) is 14.4. The fraction of sp³-hybridized carbons (Fsp3) is 0.667. The summed E-state index contributed by atoms with van der Waals surface area (Å²) < 4.78 is 11.1. The Hall–Kier alpha value is -2.04. The van der Waals surface area contributed by atoms with E-state index in [0.29, 0.717) is 23.9 Å². The molecule has 4 heteroatoms. The minimum atomic E-state index is 0.604. The van der Waals surface area contributed by atoms with Gasteiger partial charge in [-0.2, -0.15) is 0 Å². The Bertz CT molecular complexity index is 928. The maximum atomic E-state index is 5.54. The second kappa shape index (κ2) is 16.4. The van der Waals surface area contributed by atoms with Crippen LogP contribution >= 0.6 is 0 Å². The van der Waals surface area contributed by atoms with Crippen molar-refractivity contribution in [1.29, 1.82) is 0 Å². The highest BCUT2D eigenvalue weighted by Gasteiger charge is 2.32. The monoisotopic (exact) mass is 550 g/mol. The molecule has 224 valence electrons. The zero-order chi connectivity index (χ0) is 29.1. The highest BCUT2D eigenvalue weighted by atomic mass is 16.5. The normalized spacial score (nSPS) is 21.9. The fourth-order valence-electron chi connectivity index (χ4n) is 7.47. The molecular weight excluding hydrogens is 492 g/mol. The average molecular weight is 551 g/mol. The van der Waals surface area contributed by atoms with E-state index >= 15 is 0 Å². The van der Waals surface area contributed by atoms with E-state index in [2.05, 4.69) is 87.7 Å². The second-order valence-electron chi connectivity index (χ2n) is 11.9. The van der Waals surface area contributed by atoms with Crippen LogP contribution in [0.5, 0.6) is 11.5 Å². The van der Waals surface area contributed by atoms with Crippen LogP contribution in [0.3, 0.4) is 0 Å². The van der Waals surface area contributed by atoms with Crippen LogP contribution in [-0.2, 0) is 12.8 Å². The van der Waals surface area contributed by atoms with Gasteiger partial charge in [-0.1, -0.05) is 65.8 Å². The van der Waals surface area contributed by atoms with Gasteiger partial charge in [0.05, 0.1) is 14.2 Å². The molecule has 2 aromatic carbocycles. The van der Waals surface area contributed by atoms with Gasteiger partial charge in [0, 0.05) is 12.1 Å². The first kappa shape index (κ1) is 32.5.